The van der Waals surface area contributed by atoms with Crippen LogP contribution < -0.4 is 15.4 Å². The molecule has 0 aliphatic carbocycles. The van der Waals surface area contributed by atoms with Gasteiger partial charge in [-0.25, -0.2) is 9.78 Å². The summed E-state index contributed by atoms with van der Waals surface area (Å²) >= 11 is 0. The van der Waals surface area contributed by atoms with E-state index < -0.39 is 23.4 Å². The zero-order chi connectivity index (χ0) is 22.0. The minimum Gasteiger partial charge on any atom is -0.497 e. The third kappa shape index (κ3) is 3.85. The van der Waals surface area contributed by atoms with Gasteiger partial charge in [-0.15, -0.1) is 0 Å². The van der Waals surface area contributed by atoms with Crippen molar-refractivity contribution in [1.29, 1.82) is 0 Å². The van der Waals surface area contributed by atoms with E-state index in [2.05, 4.69) is 15.6 Å². The lowest BCUT2D eigenvalue weighted by molar-refractivity contribution is -0.133. The minimum atomic E-state index is -1.25. The number of amides is 4. The molecule has 31 heavy (non-hydrogen) atoms. The number of aromatic nitrogens is 2. The number of urea groups is 1. The van der Waals surface area contributed by atoms with Gasteiger partial charge in [-0.3, -0.25) is 14.5 Å². The number of rotatable bonds is 6. The van der Waals surface area contributed by atoms with Gasteiger partial charge in [0.15, 0.2) is 0 Å². The van der Waals surface area contributed by atoms with E-state index in [9.17, 15) is 14.4 Å². The number of imide groups is 1. The standard InChI is InChI=1S/C22H21N5O4/c1-22(15-3-9-18(31-2)10-4-15)20(29)27(21(30)25-22)13-19(28)24-16-5-7-17(8-6-16)26-12-11-23-14-26/h3-12,14H,13H2,1-2H3,(H,24,28)(H,25,30). The van der Waals surface area contributed by atoms with Crippen LogP contribution in [0.3, 0.4) is 0 Å². The van der Waals surface area contributed by atoms with Crippen LogP contribution in [0.25, 0.3) is 5.69 Å². The minimum absolute atomic E-state index is 0.389. The van der Waals surface area contributed by atoms with Gasteiger partial charge in [-0.1, -0.05) is 12.1 Å². The van der Waals surface area contributed by atoms with E-state index in [-0.39, 0.29) is 6.54 Å². The Labute approximate surface area is 178 Å². The number of imidazole rings is 1. The van der Waals surface area contributed by atoms with E-state index in [0.29, 0.717) is 17.0 Å². The van der Waals surface area contributed by atoms with Gasteiger partial charge in [0.1, 0.15) is 17.8 Å². The summed E-state index contributed by atoms with van der Waals surface area (Å²) < 4.78 is 6.96. The maximum atomic E-state index is 13.0. The summed E-state index contributed by atoms with van der Waals surface area (Å²) in [6.45, 7) is 1.22. The highest BCUT2D eigenvalue weighted by molar-refractivity contribution is 6.10. The van der Waals surface area contributed by atoms with Gasteiger partial charge >= 0.3 is 6.03 Å². The van der Waals surface area contributed by atoms with Crippen molar-refractivity contribution in [2.75, 3.05) is 19.0 Å². The molecule has 2 heterocycles. The Morgan fingerprint density at radius 2 is 1.84 bits per heavy atom. The molecule has 0 spiro atoms. The number of carbonyl (C=O) groups is 3. The molecule has 3 aromatic rings. The van der Waals surface area contributed by atoms with Gasteiger partial charge in [-0.2, -0.15) is 0 Å². The largest absolute Gasteiger partial charge is 0.497 e. The SMILES string of the molecule is COc1ccc(C2(C)NC(=O)N(CC(=O)Nc3ccc(-n4ccnc4)cc3)C2=O)cc1. The summed E-state index contributed by atoms with van der Waals surface area (Å²) in [4.78, 5) is 42.8. The van der Waals surface area contributed by atoms with Gasteiger partial charge in [0.05, 0.1) is 13.4 Å². The van der Waals surface area contributed by atoms with E-state index >= 15 is 0 Å². The van der Waals surface area contributed by atoms with E-state index in [1.165, 1.54) is 0 Å². The maximum absolute atomic E-state index is 13.0. The summed E-state index contributed by atoms with van der Waals surface area (Å²) in [6.07, 6.45) is 5.16. The fourth-order valence-electron chi connectivity index (χ4n) is 3.43. The highest BCUT2D eigenvalue weighted by Gasteiger charge is 2.49. The molecule has 9 heteroatoms. The average Bonchev–Trinajstić information content (AvgIpc) is 3.38. The van der Waals surface area contributed by atoms with Crippen molar-refractivity contribution in [3.05, 3.63) is 72.8 Å². The monoisotopic (exact) mass is 419 g/mol. The van der Waals surface area contributed by atoms with Gasteiger partial charge in [0, 0.05) is 23.8 Å². The topological polar surface area (TPSA) is 106 Å². The number of methoxy groups -OCH3 is 1. The Morgan fingerprint density at radius 1 is 1.13 bits per heavy atom. The normalized spacial score (nSPS) is 18.1. The third-order valence-electron chi connectivity index (χ3n) is 5.20. The van der Waals surface area contributed by atoms with Gasteiger partial charge in [0.2, 0.25) is 5.91 Å². The molecule has 1 unspecified atom stereocenters. The van der Waals surface area contributed by atoms with E-state index in [0.717, 1.165) is 10.6 Å². The summed E-state index contributed by atoms with van der Waals surface area (Å²) in [5.41, 5.74) is 0.791. The van der Waals surface area contributed by atoms with Crippen LogP contribution in [-0.4, -0.2) is 46.0 Å². The molecular weight excluding hydrogens is 398 g/mol. The molecule has 1 saturated heterocycles. The van der Waals surface area contributed by atoms with E-state index in [1.54, 1.807) is 63.0 Å². The molecule has 2 N–H and O–H groups in total. The fourth-order valence-corrected chi connectivity index (χ4v) is 3.43. The van der Waals surface area contributed by atoms with Crippen LogP contribution in [0.5, 0.6) is 5.75 Å². The number of hydrogen-bond acceptors (Lipinski definition) is 5. The molecule has 1 aliphatic heterocycles. The van der Waals surface area contributed by atoms with Crippen LogP contribution in [0.2, 0.25) is 0 Å². The molecule has 0 bridgehead atoms. The fraction of sp³-hybridized carbons (Fsp3) is 0.182. The summed E-state index contributed by atoms with van der Waals surface area (Å²) in [5.74, 6) is -0.328. The summed E-state index contributed by atoms with van der Waals surface area (Å²) in [5, 5.41) is 5.39. The second-order valence-electron chi connectivity index (χ2n) is 7.24. The highest BCUT2D eigenvalue weighted by atomic mass is 16.5. The first-order valence-electron chi connectivity index (χ1n) is 9.57. The van der Waals surface area contributed by atoms with Crippen molar-refractivity contribution in [2.24, 2.45) is 0 Å². The number of anilines is 1. The molecule has 1 aromatic heterocycles. The van der Waals surface area contributed by atoms with Crippen molar-refractivity contribution in [3.63, 3.8) is 0 Å². The molecule has 0 saturated carbocycles. The quantitative estimate of drug-likeness (QED) is 0.597. The second kappa shape index (κ2) is 7.94. The van der Waals surface area contributed by atoms with Crippen LogP contribution in [0, 0.1) is 0 Å². The van der Waals surface area contributed by atoms with Crippen molar-refractivity contribution in [1.82, 2.24) is 19.8 Å². The predicted molar refractivity (Wildman–Crippen MR) is 113 cm³/mol. The van der Waals surface area contributed by atoms with Gasteiger partial charge < -0.3 is 19.9 Å². The van der Waals surface area contributed by atoms with Crippen molar-refractivity contribution in [2.45, 2.75) is 12.5 Å². The first-order valence-corrected chi connectivity index (χ1v) is 9.57. The molecule has 4 rings (SSSR count). The zero-order valence-electron chi connectivity index (χ0n) is 17.0. The molecule has 0 radical (unpaired) electrons. The first-order chi connectivity index (χ1) is 14.9. The van der Waals surface area contributed by atoms with Crippen LogP contribution in [-0.2, 0) is 15.1 Å². The molecular formula is C22H21N5O4. The lowest BCUT2D eigenvalue weighted by atomic mass is 9.92. The Bertz CT molecular complexity index is 1110. The molecule has 1 atom stereocenters. The Hall–Kier alpha value is -4.14. The van der Waals surface area contributed by atoms with Crippen LogP contribution >= 0.6 is 0 Å². The lowest BCUT2D eigenvalue weighted by Crippen LogP contribution is -2.42. The molecule has 2 aromatic carbocycles. The summed E-state index contributed by atoms with van der Waals surface area (Å²) in [6, 6.07) is 13.4. The molecule has 1 aliphatic rings. The first kappa shape index (κ1) is 20.1. The average molecular weight is 419 g/mol. The highest BCUT2D eigenvalue weighted by Crippen LogP contribution is 2.30. The number of carbonyl (C=O) groups excluding carboxylic acids is 3. The second-order valence-corrected chi connectivity index (χ2v) is 7.24. The molecule has 9 nitrogen and oxygen atoms in total. The third-order valence-corrected chi connectivity index (χ3v) is 5.20. The van der Waals surface area contributed by atoms with Crippen molar-refractivity contribution in [3.8, 4) is 11.4 Å². The maximum Gasteiger partial charge on any atom is 0.325 e. The Morgan fingerprint density at radius 3 is 2.45 bits per heavy atom. The lowest BCUT2D eigenvalue weighted by Gasteiger charge is -2.22. The van der Waals surface area contributed by atoms with Crippen molar-refractivity contribution >= 4 is 23.5 Å². The number of benzene rings is 2. The smallest absolute Gasteiger partial charge is 0.325 e. The van der Waals surface area contributed by atoms with Crippen LogP contribution in [0.15, 0.2) is 67.3 Å². The molecule has 158 valence electrons. The van der Waals surface area contributed by atoms with E-state index in [1.807, 2.05) is 22.9 Å². The van der Waals surface area contributed by atoms with Gasteiger partial charge in [0.25, 0.3) is 5.91 Å². The number of nitrogens with one attached hydrogen (secondary N) is 2. The van der Waals surface area contributed by atoms with Crippen molar-refractivity contribution < 1.29 is 19.1 Å². The predicted octanol–water partition coefficient (Wildman–Crippen LogP) is 2.29. The van der Waals surface area contributed by atoms with Gasteiger partial charge in [-0.05, 0) is 48.9 Å². The summed E-state index contributed by atoms with van der Waals surface area (Å²) in [7, 11) is 1.55. The number of ether oxygens (including phenoxy) is 1. The Kier molecular flexibility index (Phi) is 5.16. The number of hydrogen-bond donors (Lipinski definition) is 2. The van der Waals surface area contributed by atoms with Crippen LogP contribution in [0.4, 0.5) is 10.5 Å². The molecule has 1 fully saturated rings. The Balaban J connectivity index is 1.43. The van der Waals surface area contributed by atoms with E-state index in [4.69, 9.17) is 4.74 Å². The molecule has 4 amide bonds. The number of nitrogens with zero attached hydrogens (tertiary/aromatic N) is 3. The van der Waals surface area contributed by atoms with Crippen LogP contribution in [0.1, 0.15) is 12.5 Å². The zero-order valence-corrected chi connectivity index (χ0v) is 17.0.